The van der Waals surface area contributed by atoms with Crippen molar-refractivity contribution in [2.24, 2.45) is 14.1 Å². The molecule has 0 fully saturated rings. The Morgan fingerprint density at radius 2 is 2.04 bits per heavy atom. The zero-order chi connectivity index (χ0) is 17.3. The highest BCUT2D eigenvalue weighted by Crippen LogP contribution is 2.28. The lowest BCUT2D eigenvalue weighted by Gasteiger charge is -2.08. The van der Waals surface area contributed by atoms with Crippen molar-refractivity contribution in [2.45, 2.75) is 6.42 Å². The molecule has 0 atom stereocenters. The van der Waals surface area contributed by atoms with Crippen LogP contribution < -0.4 is 0 Å². The van der Waals surface area contributed by atoms with Crippen molar-refractivity contribution in [3.63, 3.8) is 0 Å². The van der Waals surface area contributed by atoms with Crippen LogP contribution >= 0.6 is 0 Å². The van der Waals surface area contributed by atoms with Crippen LogP contribution in [-0.2, 0) is 25.3 Å². The Morgan fingerprint density at radius 1 is 1.25 bits per heavy atom. The average Bonchev–Trinajstić information content (AvgIpc) is 3.12. The van der Waals surface area contributed by atoms with Crippen LogP contribution in [0.1, 0.15) is 21.5 Å². The fraction of sp³-hybridized carbons (Fsp3) is 0.235. The zero-order valence-electron chi connectivity index (χ0n) is 13.7. The van der Waals surface area contributed by atoms with Gasteiger partial charge in [-0.1, -0.05) is 0 Å². The molecule has 0 unspecified atom stereocenters. The Kier molecular flexibility index (Phi) is 4.16. The summed E-state index contributed by atoms with van der Waals surface area (Å²) in [5.41, 5.74) is 3.27. The minimum atomic E-state index is -0.595. The topological polar surface area (TPSA) is 61.9 Å². The molecule has 0 saturated carbocycles. The number of hydrogen-bond acceptors (Lipinski definition) is 4. The summed E-state index contributed by atoms with van der Waals surface area (Å²) in [4.78, 5) is 12.0. The SMILES string of the molecule is COC(=O)c1cc(F)ccc1-c1nn(C)cc1Cc1cnn(C)c1. The number of hydrogen-bond donors (Lipinski definition) is 0. The van der Waals surface area contributed by atoms with E-state index in [1.807, 2.05) is 19.4 Å². The molecule has 2 aromatic heterocycles. The predicted octanol–water partition coefficient (Wildman–Crippen LogP) is 2.34. The second-order valence-corrected chi connectivity index (χ2v) is 5.56. The van der Waals surface area contributed by atoms with Gasteiger partial charge in [-0.25, -0.2) is 9.18 Å². The van der Waals surface area contributed by atoms with Crippen LogP contribution in [0.5, 0.6) is 0 Å². The van der Waals surface area contributed by atoms with Crippen molar-refractivity contribution >= 4 is 5.97 Å². The maximum atomic E-state index is 13.6. The third kappa shape index (κ3) is 3.05. The normalized spacial score (nSPS) is 10.8. The summed E-state index contributed by atoms with van der Waals surface area (Å²) in [6, 6.07) is 4.03. The lowest BCUT2D eigenvalue weighted by molar-refractivity contribution is 0.0601. The van der Waals surface area contributed by atoms with Crippen molar-refractivity contribution in [1.29, 1.82) is 0 Å². The van der Waals surface area contributed by atoms with E-state index in [0.29, 0.717) is 17.7 Å². The van der Waals surface area contributed by atoms with Crippen LogP contribution in [0.3, 0.4) is 0 Å². The van der Waals surface area contributed by atoms with Gasteiger partial charge in [-0.3, -0.25) is 9.36 Å². The first-order valence-corrected chi connectivity index (χ1v) is 7.36. The number of carbonyl (C=O) groups is 1. The summed E-state index contributed by atoms with van der Waals surface area (Å²) in [6.07, 6.45) is 6.19. The summed E-state index contributed by atoms with van der Waals surface area (Å²) in [5, 5.41) is 8.61. The molecule has 6 nitrogen and oxygen atoms in total. The fourth-order valence-corrected chi connectivity index (χ4v) is 2.68. The summed E-state index contributed by atoms with van der Waals surface area (Å²) in [6.45, 7) is 0. The van der Waals surface area contributed by atoms with Crippen molar-refractivity contribution < 1.29 is 13.9 Å². The number of nitrogens with zero attached hydrogens (tertiary/aromatic N) is 4. The molecule has 1 aromatic carbocycles. The van der Waals surface area contributed by atoms with E-state index in [0.717, 1.165) is 11.1 Å². The van der Waals surface area contributed by atoms with Crippen LogP contribution in [-0.4, -0.2) is 32.6 Å². The summed E-state index contributed by atoms with van der Waals surface area (Å²) in [7, 11) is 4.92. The quantitative estimate of drug-likeness (QED) is 0.690. The number of halogens is 1. The third-order valence-corrected chi connectivity index (χ3v) is 3.70. The monoisotopic (exact) mass is 328 g/mol. The van der Waals surface area contributed by atoms with E-state index in [9.17, 15) is 9.18 Å². The number of carbonyl (C=O) groups excluding carboxylic acids is 1. The van der Waals surface area contributed by atoms with Crippen molar-refractivity contribution in [2.75, 3.05) is 7.11 Å². The highest BCUT2D eigenvalue weighted by atomic mass is 19.1. The van der Waals surface area contributed by atoms with Crippen LogP contribution in [0, 0.1) is 5.82 Å². The van der Waals surface area contributed by atoms with Gasteiger partial charge in [0.1, 0.15) is 5.82 Å². The molecule has 3 aromatic rings. The first-order chi connectivity index (χ1) is 11.5. The standard InChI is InChI=1S/C17H17FN4O2/c1-21-9-11(8-19-21)6-12-10-22(2)20-16(12)14-5-4-13(18)7-15(14)17(23)24-3/h4-5,7-10H,6H2,1-3H3. The van der Waals surface area contributed by atoms with E-state index in [1.165, 1.54) is 19.2 Å². The highest BCUT2D eigenvalue weighted by Gasteiger charge is 2.20. The van der Waals surface area contributed by atoms with Crippen molar-refractivity contribution in [3.05, 3.63) is 59.3 Å². The Balaban J connectivity index is 2.08. The van der Waals surface area contributed by atoms with E-state index >= 15 is 0 Å². The van der Waals surface area contributed by atoms with Gasteiger partial charge < -0.3 is 4.74 Å². The number of ether oxygens (including phenoxy) is 1. The molecule has 0 radical (unpaired) electrons. The molecule has 24 heavy (non-hydrogen) atoms. The number of aryl methyl sites for hydroxylation is 2. The average molecular weight is 328 g/mol. The minimum Gasteiger partial charge on any atom is -0.465 e. The van der Waals surface area contributed by atoms with Gasteiger partial charge in [0.05, 0.1) is 24.6 Å². The molecule has 0 spiro atoms. The molecule has 2 heterocycles. The summed E-state index contributed by atoms with van der Waals surface area (Å²) in [5.74, 6) is -1.09. The van der Waals surface area contributed by atoms with Gasteiger partial charge in [0.15, 0.2) is 0 Å². The number of benzene rings is 1. The summed E-state index contributed by atoms with van der Waals surface area (Å²) >= 11 is 0. The molecular formula is C17H17FN4O2. The fourth-order valence-electron chi connectivity index (χ4n) is 2.68. The molecular weight excluding hydrogens is 311 g/mol. The third-order valence-electron chi connectivity index (χ3n) is 3.70. The number of esters is 1. The van der Waals surface area contributed by atoms with Gasteiger partial charge in [-0.05, 0) is 23.8 Å². The molecule has 0 bridgehead atoms. The number of rotatable bonds is 4. The van der Waals surface area contributed by atoms with Gasteiger partial charge in [0.2, 0.25) is 0 Å². The second kappa shape index (κ2) is 6.27. The largest absolute Gasteiger partial charge is 0.465 e. The Bertz CT molecular complexity index is 898. The molecule has 0 aliphatic rings. The Hall–Kier alpha value is -2.96. The molecule has 0 saturated heterocycles. The molecule has 0 aliphatic heterocycles. The minimum absolute atomic E-state index is 0.156. The Morgan fingerprint density at radius 3 is 2.71 bits per heavy atom. The highest BCUT2D eigenvalue weighted by molar-refractivity contribution is 5.97. The lowest BCUT2D eigenvalue weighted by atomic mass is 9.99. The Labute approximate surface area is 138 Å². The van der Waals surface area contributed by atoms with Gasteiger partial charge in [-0.2, -0.15) is 10.2 Å². The van der Waals surface area contributed by atoms with Crippen LogP contribution in [0.2, 0.25) is 0 Å². The van der Waals surface area contributed by atoms with Crippen LogP contribution in [0.25, 0.3) is 11.3 Å². The van der Waals surface area contributed by atoms with Crippen molar-refractivity contribution in [1.82, 2.24) is 19.6 Å². The predicted molar refractivity (Wildman–Crippen MR) is 86.0 cm³/mol. The molecule has 124 valence electrons. The maximum absolute atomic E-state index is 13.6. The van der Waals surface area contributed by atoms with Crippen LogP contribution in [0.4, 0.5) is 4.39 Å². The molecule has 3 rings (SSSR count). The molecule has 7 heteroatoms. The van der Waals surface area contributed by atoms with Gasteiger partial charge in [-0.15, -0.1) is 0 Å². The molecule has 0 aliphatic carbocycles. The second-order valence-electron chi connectivity index (χ2n) is 5.56. The van der Waals surface area contributed by atoms with Crippen LogP contribution in [0.15, 0.2) is 36.8 Å². The maximum Gasteiger partial charge on any atom is 0.338 e. The zero-order valence-corrected chi connectivity index (χ0v) is 13.7. The number of methoxy groups -OCH3 is 1. The van der Waals surface area contributed by atoms with E-state index < -0.39 is 11.8 Å². The number of aromatic nitrogens is 4. The molecule has 0 amide bonds. The van der Waals surface area contributed by atoms with E-state index in [-0.39, 0.29) is 5.56 Å². The lowest BCUT2D eigenvalue weighted by Crippen LogP contribution is -2.05. The smallest absolute Gasteiger partial charge is 0.338 e. The van der Waals surface area contributed by atoms with E-state index in [2.05, 4.69) is 10.2 Å². The van der Waals surface area contributed by atoms with Gasteiger partial charge in [0, 0.05) is 44.0 Å². The van der Waals surface area contributed by atoms with Gasteiger partial charge in [0.25, 0.3) is 0 Å². The first-order valence-electron chi connectivity index (χ1n) is 7.36. The summed E-state index contributed by atoms with van der Waals surface area (Å²) < 4.78 is 21.7. The van der Waals surface area contributed by atoms with E-state index in [4.69, 9.17) is 4.74 Å². The molecule has 0 N–H and O–H groups in total. The van der Waals surface area contributed by atoms with E-state index in [1.54, 1.807) is 28.7 Å². The van der Waals surface area contributed by atoms with Crippen molar-refractivity contribution in [3.8, 4) is 11.3 Å². The first kappa shape index (κ1) is 15.9. The van der Waals surface area contributed by atoms with Gasteiger partial charge >= 0.3 is 5.97 Å².